The van der Waals surface area contributed by atoms with Gasteiger partial charge in [0.1, 0.15) is 0 Å². The molecular weight excluding hydrogens is 260 g/mol. The van der Waals surface area contributed by atoms with Gasteiger partial charge in [-0.2, -0.15) is 0 Å². The molecule has 0 amide bonds. The highest BCUT2D eigenvalue weighted by Crippen LogP contribution is 2.30. The molecule has 0 aliphatic carbocycles. The molecule has 0 bridgehead atoms. The van der Waals surface area contributed by atoms with Crippen molar-refractivity contribution in [2.75, 3.05) is 13.2 Å². The van der Waals surface area contributed by atoms with Gasteiger partial charge in [0.25, 0.3) is 0 Å². The minimum Gasteiger partial charge on any atom is -0.490 e. The summed E-state index contributed by atoms with van der Waals surface area (Å²) in [6.07, 6.45) is 1.97. The van der Waals surface area contributed by atoms with Crippen LogP contribution in [0.1, 0.15) is 19.5 Å². The summed E-state index contributed by atoms with van der Waals surface area (Å²) in [5.41, 5.74) is 1.98. The van der Waals surface area contributed by atoms with Crippen molar-refractivity contribution in [1.29, 1.82) is 0 Å². The van der Waals surface area contributed by atoms with Crippen molar-refractivity contribution in [3.63, 3.8) is 0 Å². The lowest BCUT2D eigenvalue weighted by Crippen LogP contribution is -2.00. The van der Waals surface area contributed by atoms with Crippen LogP contribution >= 0.6 is 12.2 Å². The molecule has 0 saturated carbocycles. The zero-order valence-electron chi connectivity index (χ0n) is 11.4. The Morgan fingerprint density at radius 2 is 1.84 bits per heavy atom. The van der Waals surface area contributed by atoms with Crippen molar-refractivity contribution in [2.45, 2.75) is 20.8 Å². The molecule has 0 radical (unpaired) electrons. The second kappa shape index (κ2) is 5.93. The van der Waals surface area contributed by atoms with E-state index in [9.17, 15) is 0 Å². The van der Waals surface area contributed by atoms with Gasteiger partial charge in [-0.1, -0.05) is 0 Å². The van der Waals surface area contributed by atoms with Crippen molar-refractivity contribution >= 4 is 12.2 Å². The maximum atomic E-state index is 5.62. The van der Waals surface area contributed by atoms with E-state index in [2.05, 4.69) is 4.98 Å². The van der Waals surface area contributed by atoms with Crippen LogP contribution in [0.15, 0.2) is 24.4 Å². The van der Waals surface area contributed by atoms with Crippen LogP contribution in [-0.4, -0.2) is 22.8 Å². The van der Waals surface area contributed by atoms with Gasteiger partial charge in [-0.05, 0) is 45.1 Å². The third-order valence-corrected chi connectivity index (χ3v) is 2.95. The molecule has 0 aliphatic rings. The van der Waals surface area contributed by atoms with E-state index in [4.69, 9.17) is 21.7 Å². The summed E-state index contributed by atoms with van der Waals surface area (Å²) in [5.74, 6) is 1.49. The molecule has 1 heterocycles. The van der Waals surface area contributed by atoms with E-state index in [-0.39, 0.29) is 0 Å². The molecule has 1 N–H and O–H groups in total. The van der Waals surface area contributed by atoms with Crippen LogP contribution in [0.3, 0.4) is 0 Å². The lowest BCUT2D eigenvalue weighted by Gasteiger charge is -2.12. The van der Waals surface area contributed by atoms with Crippen molar-refractivity contribution in [3.05, 3.63) is 34.9 Å². The highest BCUT2D eigenvalue weighted by Gasteiger charge is 2.08. The molecule has 0 spiro atoms. The van der Waals surface area contributed by atoms with Crippen LogP contribution in [0.25, 0.3) is 5.69 Å². The Morgan fingerprint density at radius 1 is 1.16 bits per heavy atom. The van der Waals surface area contributed by atoms with Crippen molar-refractivity contribution in [3.8, 4) is 17.2 Å². The molecule has 2 aromatic rings. The Hall–Kier alpha value is -1.75. The zero-order valence-corrected chi connectivity index (χ0v) is 12.2. The fourth-order valence-corrected chi connectivity index (χ4v) is 2.21. The topological polar surface area (TPSA) is 39.2 Å². The molecular formula is C14H18N2O2S. The standard InChI is InChI=1S/C14H18N2O2S/c1-4-17-12-7-6-11(8-13(12)18-5-2)16-9-10(3)15-14(16)19/h6-9H,4-5H2,1-3H3,(H,15,19). The number of ether oxygens (including phenoxy) is 2. The minimum absolute atomic E-state index is 0.598. The van der Waals surface area contributed by atoms with Crippen LogP contribution in [0, 0.1) is 11.7 Å². The quantitative estimate of drug-likeness (QED) is 0.849. The van der Waals surface area contributed by atoms with E-state index >= 15 is 0 Å². The van der Waals surface area contributed by atoms with Crippen molar-refractivity contribution in [2.24, 2.45) is 0 Å². The molecule has 0 fully saturated rings. The molecule has 0 saturated heterocycles. The van der Waals surface area contributed by atoms with E-state index in [0.29, 0.717) is 18.0 Å². The number of benzene rings is 1. The molecule has 102 valence electrons. The third kappa shape index (κ3) is 2.98. The number of aromatic nitrogens is 2. The smallest absolute Gasteiger partial charge is 0.181 e. The lowest BCUT2D eigenvalue weighted by molar-refractivity contribution is 0.287. The van der Waals surface area contributed by atoms with E-state index in [1.54, 1.807) is 0 Å². The monoisotopic (exact) mass is 278 g/mol. The lowest BCUT2D eigenvalue weighted by atomic mass is 10.2. The minimum atomic E-state index is 0.598. The summed E-state index contributed by atoms with van der Waals surface area (Å²) in [6.45, 7) is 7.09. The Labute approximate surface area is 118 Å². The van der Waals surface area contributed by atoms with E-state index in [1.807, 2.05) is 49.7 Å². The first-order chi connectivity index (χ1) is 9.15. The summed E-state index contributed by atoms with van der Waals surface area (Å²) in [5, 5.41) is 0. The number of hydrogen-bond donors (Lipinski definition) is 1. The maximum Gasteiger partial charge on any atom is 0.181 e. The largest absolute Gasteiger partial charge is 0.490 e. The van der Waals surface area contributed by atoms with Gasteiger partial charge in [0.15, 0.2) is 16.3 Å². The number of aromatic amines is 1. The zero-order chi connectivity index (χ0) is 13.8. The van der Waals surface area contributed by atoms with Gasteiger partial charge in [0.05, 0.1) is 18.9 Å². The molecule has 19 heavy (non-hydrogen) atoms. The number of H-pyrrole nitrogens is 1. The van der Waals surface area contributed by atoms with Crippen LogP contribution in [0.4, 0.5) is 0 Å². The van der Waals surface area contributed by atoms with Gasteiger partial charge in [0, 0.05) is 18.0 Å². The number of aryl methyl sites for hydroxylation is 1. The average Bonchev–Trinajstić information content (AvgIpc) is 2.71. The van der Waals surface area contributed by atoms with Gasteiger partial charge in [0.2, 0.25) is 0 Å². The van der Waals surface area contributed by atoms with Crippen LogP contribution in [0.5, 0.6) is 11.5 Å². The molecule has 0 aliphatic heterocycles. The normalized spacial score (nSPS) is 10.5. The average molecular weight is 278 g/mol. The molecule has 0 unspecified atom stereocenters. The van der Waals surface area contributed by atoms with Crippen LogP contribution in [0.2, 0.25) is 0 Å². The van der Waals surface area contributed by atoms with Gasteiger partial charge in [-0.3, -0.25) is 4.57 Å². The summed E-state index contributed by atoms with van der Waals surface area (Å²) < 4.78 is 13.8. The molecule has 1 aromatic heterocycles. The molecule has 1 aromatic carbocycles. The van der Waals surface area contributed by atoms with E-state index in [0.717, 1.165) is 22.9 Å². The third-order valence-electron chi connectivity index (χ3n) is 2.65. The number of imidazole rings is 1. The van der Waals surface area contributed by atoms with Gasteiger partial charge in [-0.15, -0.1) is 0 Å². The van der Waals surface area contributed by atoms with Crippen molar-refractivity contribution in [1.82, 2.24) is 9.55 Å². The first kappa shape index (κ1) is 13.7. The van der Waals surface area contributed by atoms with Gasteiger partial charge in [-0.25, -0.2) is 0 Å². The maximum absolute atomic E-state index is 5.62. The second-order valence-corrected chi connectivity index (χ2v) is 4.50. The number of rotatable bonds is 5. The highest BCUT2D eigenvalue weighted by molar-refractivity contribution is 7.71. The highest BCUT2D eigenvalue weighted by atomic mass is 32.1. The second-order valence-electron chi connectivity index (χ2n) is 4.11. The molecule has 4 nitrogen and oxygen atoms in total. The SMILES string of the molecule is CCOc1ccc(-n2cc(C)[nH]c2=S)cc1OCC. The number of hydrogen-bond acceptors (Lipinski definition) is 3. The summed E-state index contributed by atoms with van der Waals surface area (Å²) in [7, 11) is 0. The van der Waals surface area contributed by atoms with E-state index in [1.165, 1.54) is 0 Å². The molecule has 0 atom stereocenters. The van der Waals surface area contributed by atoms with Crippen LogP contribution < -0.4 is 9.47 Å². The first-order valence-corrected chi connectivity index (χ1v) is 6.74. The Balaban J connectivity index is 2.45. The summed E-state index contributed by atoms with van der Waals surface area (Å²) >= 11 is 5.28. The Morgan fingerprint density at radius 3 is 2.42 bits per heavy atom. The Kier molecular flexibility index (Phi) is 4.27. The number of nitrogens with one attached hydrogen (secondary N) is 1. The Bertz CT molecular complexity index is 616. The van der Waals surface area contributed by atoms with E-state index < -0.39 is 0 Å². The first-order valence-electron chi connectivity index (χ1n) is 6.34. The fourth-order valence-electron chi connectivity index (χ4n) is 1.89. The fraction of sp³-hybridized carbons (Fsp3) is 0.357. The van der Waals surface area contributed by atoms with Crippen LogP contribution in [-0.2, 0) is 0 Å². The van der Waals surface area contributed by atoms with Crippen molar-refractivity contribution < 1.29 is 9.47 Å². The number of nitrogens with zero attached hydrogens (tertiary/aromatic N) is 1. The predicted octanol–water partition coefficient (Wildman–Crippen LogP) is 3.64. The molecule has 2 rings (SSSR count). The van der Waals surface area contributed by atoms with Gasteiger partial charge < -0.3 is 14.5 Å². The molecule has 5 heteroatoms. The predicted molar refractivity (Wildman–Crippen MR) is 78.0 cm³/mol. The van der Waals surface area contributed by atoms with Gasteiger partial charge >= 0.3 is 0 Å². The summed E-state index contributed by atoms with van der Waals surface area (Å²) in [6, 6.07) is 5.82. The summed E-state index contributed by atoms with van der Waals surface area (Å²) in [4.78, 5) is 3.10.